The topological polar surface area (TPSA) is 0 Å². The Morgan fingerprint density at radius 3 is 1.40 bits per heavy atom. The molecule has 0 amide bonds. The van der Waals surface area contributed by atoms with Gasteiger partial charge in [-0.3, -0.25) is 0 Å². The number of thiophene rings is 1. The number of rotatable bonds is 3. The first-order valence-corrected chi connectivity index (χ1v) is 15.6. The van der Waals surface area contributed by atoms with Crippen molar-refractivity contribution in [1.82, 2.24) is 0 Å². The van der Waals surface area contributed by atoms with Crippen LogP contribution in [0.1, 0.15) is 0 Å². The average Bonchev–Trinajstić information content (AvgIpc) is 3.47. The van der Waals surface area contributed by atoms with E-state index in [1.165, 1.54) is 85.9 Å². The van der Waals surface area contributed by atoms with Crippen LogP contribution in [0.2, 0.25) is 0 Å². The van der Waals surface area contributed by atoms with Gasteiger partial charge in [-0.2, -0.15) is 0 Å². The van der Waals surface area contributed by atoms with E-state index in [2.05, 4.69) is 158 Å². The Labute approximate surface area is 254 Å². The Hall–Kier alpha value is -5.24. The molecule has 0 spiro atoms. The van der Waals surface area contributed by atoms with Crippen molar-refractivity contribution in [2.45, 2.75) is 0 Å². The van der Waals surface area contributed by atoms with Gasteiger partial charge in [-0.15, -0.1) is 11.3 Å². The van der Waals surface area contributed by atoms with Crippen LogP contribution in [-0.2, 0) is 0 Å². The van der Waals surface area contributed by atoms with E-state index in [0.29, 0.717) is 0 Å². The molecule has 1 heterocycles. The lowest BCUT2D eigenvalue weighted by atomic mass is 9.85. The number of hydrogen-bond acceptors (Lipinski definition) is 1. The Balaban J connectivity index is 1.23. The van der Waals surface area contributed by atoms with Crippen molar-refractivity contribution in [3.8, 4) is 33.4 Å². The molecule has 0 saturated heterocycles. The first kappa shape index (κ1) is 24.4. The van der Waals surface area contributed by atoms with E-state index in [4.69, 9.17) is 0 Å². The van der Waals surface area contributed by atoms with Crippen LogP contribution in [-0.4, -0.2) is 0 Å². The summed E-state index contributed by atoms with van der Waals surface area (Å²) in [5.74, 6) is 0. The summed E-state index contributed by atoms with van der Waals surface area (Å²) >= 11 is 1.90. The van der Waals surface area contributed by atoms with Crippen LogP contribution in [0.3, 0.4) is 0 Å². The van der Waals surface area contributed by atoms with Crippen molar-refractivity contribution in [1.29, 1.82) is 0 Å². The molecule has 0 saturated carbocycles. The summed E-state index contributed by atoms with van der Waals surface area (Å²) < 4.78 is 2.71. The average molecular weight is 563 g/mol. The molecule has 0 nitrogen and oxygen atoms in total. The zero-order valence-corrected chi connectivity index (χ0v) is 24.2. The van der Waals surface area contributed by atoms with Gasteiger partial charge >= 0.3 is 0 Å². The second kappa shape index (κ2) is 9.66. The van der Waals surface area contributed by atoms with Gasteiger partial charge < -0.3 is 0 Å². The minimum absolute atomic E-state index is 1.24. The summed E-state index contributed by atoms with van der Waals surface area (Å²) in [6.07, 6.45) is 0. The summed E-state index contributed by atoms with van der Waals surface area (Å²) in [6, 6.07) is 57.8. The molecule has 0 unspecified atom stereocenters. The predicted octanol–water partition coefficient (Wildman–Crippen LogP) is 12.5. The highest BCUT2D eigenvalue weighted by Crippen LogP contribution is 2.45. The lowest BCUT2D eigenvalue weighted by molar-refractivity contribution is 1.63. The third-order valence-corrected chi connectivity index (χ3v) is 10.1. The first-order valence-electron chi connectivity index (χ1n) is 14.8. The van der Waals surface area contributed by atoms with Crippen LogP contribution in [0.15, 0.2) is 158 Å². The molecule has 0 N–H and O–H groups in total. The molecule has 0 radical (unpaired) electrons. The maximum absolute atomic E-state index is 2.31. The first-order chi connectivity index (χ1) is 21.3. The van der Waals surface area contributed by atoms with E-state index in [0.717, 1.165) is 0 Å². The molecule has 0 aliphatic rings. The summed E-state index contributed by atoms with van der Waals surface area (Å²) in [7, 11) is 0. The molecule has 9 rings (SSSR count). The van der Waals surface area contributed by atoms with Gasteiger partial charge in [-0.25, -0.2) is 0 Å². The van der Waals surface area contributed by atoms with Crippen molar-refractivity contribution >= 4 is 63.8 Å². The molecule has 1 aromatic heterocycles. The Kier molecular flexibility index (Phi) is 5.47. The normalized spacial score (nSPS) is 11.7. The second-order valence-electron chi connectivity index (χ2n) is 11.2. The maximum atomic E-state index is 2.31. The molecule has 200 valence electrons. The van der Waals surface area contributed by atoms with Gasteiger partial charge in [0.05, 0.1) is 0 Å². The van der Waals surface area contributed by atoms with Crippen LogP contribution >= 0.6 is 11.3 Å². The van der Waals surface area contributed by atoms with Crippen LogP contribution in [0.5, 0.6) is 0 Å². The van der Waals surface area contributed by atoms with Crippen LogP contribution < -0.4 is 0 Å². The van der Waals surface area contributed by atoms with Gasteiger partial charge in [0.2, 0.25) is 0 Å². The van der Waals surface area contributed by atoms with Crippen molar-refractivity contribution in [2.24, 2.45) is 0 Å². The van der Waals surface area contributed by atoms with Crippen molar-refractivity contribution in [3.05, 3.63) is 158 Å². The van der Waals surface area contributed by atoms with Crippen molar-refractivity contribution in [2.75, 3.05) is 0 Å². The third kappa shape index (κ3) is 3.75. The minimum Gasteiger partial charge on any atom is -0.135 e. The fourth-order valence-corrected chi connectivity index (χ4v) is 8.19. The molecule has 8 aromatic carbocycles. The highest BCUT2D eigenvalue weighted by atomic mass is 32.1. The van der Waals surface area contributed by atoms with E-state index < -0.39 is 0 Å². The molecule has 0 bridgehead atoms. The van der Waals surface area contributed by atoms with E-state index >= 15 is 0 Å². The smallest absolute Gasteiger partial charge is 0.0434 e. The van der Waals surface area contributed by atoms with Crippen molar-refractivity contribution in [3.63, 3.8) is 0 Å². The lowest BCUT2D eigenvalue weighted by Gasteiger charge is -2.18. The Morgan fingerprint density at radius 1 is 0.279 bits per heavy atom. The molecule has 9 aromatic rings. The zero-order valence-electron chi connectivity index (χ0n) is 23.4. The molecule has 1 heteroatoms. The lowest BCUT2D eigenvalue weighted by Crippen LogP contribution is -1.90. The van der Waals surface area contributed by atoms with E-state index in [1.54, 1.807) is 0 Å². The molecular formula is C42H26S. The quantitative estimate of drug-likeness (QED) is 0.188. The summed E-state index contributed by atoms with van der Waals surface area (Å²) in [6.45, 7) is 0. The maximum Gasteiger partial charge on any atom is 0.0434 e. The highest BCUT2D eigenvalue weighted by Gasteiger charge is 2.17. The van der Waals surface area contributed by atoms with Gasteiger partial charge in [0.15, 0.2) is 0 Å². The SMILES string of the molecule is c1ccc(-c2c3ccccc3c(-c3ccc(-c4cccc5c4ccc4c6ccccc6sc54)cc3)c3ccccc23)cc1. The third-order valence-electron chi connectivity index (χ3n) is 8.88. The monoisotopic (exact) mass is 562 g/mol. The second-order valence-corrected chi connectivity index (χ2v) is 12.3. The molecule has 0 aliphatic heterocycles. The standard InChI is InChI=1S/C42H26S/c1-2-11-28(12-3-1)40-33-14-4-6-16-35(33)41(36-17-7-5-15-34(36)40)29-23-21-27(22-24-29)30-18-10-19-37-31(30)25-26-38-32-13-8-9-20-39(32)43-42(37)38/h1-26H. The highest BCUT2D eigenvalue weighted by molar-refractivity contribution is 7.26. The van der Waals surface area contributed by atoms with Gasteiger partial charge in [-0.05, 0) is 66.4 Å². The summed E-state index contributed by atoms with van der Waals surface area (Å²) in [4.78, 5) is 0. The van der Waals surface area contributed by atoms with Gasteiger partial charge in [0.1, 0.15) is 0 Å². The number of benzene rings is 8. The molecule has 0 fully saturated rings. The van der Waals surface area contributed by atoms with E-state index in [9.17, 15) is 0 Å². The van der Waals surface area contributed by atoms with E-state index in [1.807, 2.05) is 11.3 Å². The number of hydrogen-bond donors (Lipinski definition) is 0. The van der Waals surface area contributed by atoms with E-state index in [-0.39, 0.29) is 0 Å². The summed E-state index contributed by atoms with van der Waals surface area (Å²) in [5, 5.41) is 10.5. The molecule has 0 aliphatic carbocycles. The largest absolute Gasteiger partial charge is 0.135 e. The van der Waals surface area contributed by atoms with Gasteiger partial charge in [0.25, 0.3) is 0 Å². The molecule has 43 heavy (non-hydrogen) atoms. The summed E-state index contributed by atoms with van der Waals surface area (Å²) in [5.41, 5.74) is 7.60. The fraction of sp³-hybridized carbons (Fsp3) is 0. The minimum atomic E-state index is 1.24. The van der Waals surface area contributed by atoms with Crippen LogP contribution in [0, 0.1) is 0 Å². The number of fused-ring (bicyclic) bond motifs is 7. The molecule has 0 atom stereocenters. The predicted molar refractivity (Wildman–Crippen MR) is 188 cm³/mol. The molecular weight excluding hydrogens is 537 g/mol. The fourth-order valence-electron chi connectivity index (χ4n) is 6.96. The Morgan fingerprint density at radius 2 is 0.744 bits per heavy atom. The van der Waals surface area contributed by atoms with Crippen molar-refractivity contribution < 1.29 is 0 Å². The van der Waals surface area contributed by atoms with Gasteiger partial charge in [-0.1, -0.05) is 152 Å². The van der Waals surface area contributed by atoms with Crippen LogP contribution in [0.4, 0.5) is 0 Å². The Bertz CT molecular complexity index is 2420. The van der Waals surface area contributed by atoms with Crippen LogP contribution in [0.25, 0.3) is 85.9 Å². The zero-order chi connectivity index (χ0) is 28.3. The van der Waals surface area contributed by atoms with Gasteiger partial charge in [0, 0.05) is 25.6 Å².